The molecule has 96 valence electrons. The van der Waals surface area contributed by atoms with Crippen LogP contribution in [-0.4, -0.2) is 21.9 Å². The second-order valence-electron chi connectivity index (χ2n) is 4.46. The summed E-state index contributed by atoms with van der Waals surface area (Å²) in [4.78, 5) is 0. The molecule has 0 amide bonds. The Morgan fingerprint density at radius 3 is 2.56 bits per heavy atom. The van der Waals surface area contributed by atoms with Crippen molar-refractivity contribution in [2.45, 2.75) is 26.4 Å². The van der Waals surface area contributed by atoms with E-state index in [1.54, 1.807) is 7.11 Å². The van der Waals surface area contributed by atoms with Gasteiger partial charge in [0, 0.05) is 12.8 Å². The van der Waals surface area contributed by atoms with E-state index in [1.165, 1.54) is 5.56 Å². The third-order valence-corrected chi connectivity index (χ3v) is 3.11. The first-order valence-corrected chi connectivity index (χ1v) is 6.30. The summed E-state index contributed by atoms with van der Waals surface area (Å²) in [5.74, 6) is 1.30. The Morgan fingerprint density at radius 2 is 2.00 bits per heavy atom. The summed E-state index contributed by atoms with van der Waals surface area (Å²) >= 11 is 5.24. The minimum absolute atomic E-state index is 0.430. The van der Waals surface area contributed by atoms with Crippen molar-refractivity contribution in [3.63, 3.8) is 0 Å². The molecular formula is C13H17N3OS. The van der Waals surface area contributed by atoms with Crippen molar-refractivity contribution in [1.82, 2.24) is 14.8 Å². The molecule has 0 spiro atoms. The van der Waals surface area contributed by atoms with Crippen molar-refractivity contribution in [3.05, 3.63) is 40.4 Å². The second kappa shape index (κ2) is 5.46. The van der Waals surface area contributed by atoms with Crippen LogP contribution in [0.2, 0.25) is 0 Å². The van der Waals surface area contributed by atoms with Gasteiger partial charge in [-0.3, -0.25) is 9.67 Å². The van der Waals surface area contributed by atoms with Crippen LogP contribution in [0.4, 0.5) is 0 Å². The fourth-order valence-electron chi connectivity index (χ4n) is 1.83. The Hall–Kier alpha value is -1.46. The molecular weight excluding hydrogens is 246 g/mol. The highest BCUT2D eigenvalue weighted by molar-refractivity contribution is 7.71. The molecule has 0 unspecified atom stereocenters. The van der Waals surface area contributed by atoms with Gasteiger partial charge in [0.1, 0.15) is 6.61 Å². The SMILES string of the molecule is COCc1n[nH]c(=S)n1-c1ccc(C(C)C)cc1. The molecule has 1 N–H and O–H groups in total. The number of nitrogens with one attached hydrogen (secondary N) is 1. The van der Waals surface area contributed by atoms with Crippen LogP contribution < -0.4 is 0 Å². The monoisotopic (exact) mass is 263 g/mol. The number of benzene rings is 1. The minimum atomic E-state index is 0.430. The molecule has 1 aromatic heterocycles. The molecule has 0 aliphatic rings. The Bertz CT molecular complexity index is 569. The summed E-state index contributed by atoms with van der Waals surface area (Å²) in [6.45, 7) is 4.78. The van der Waals surface area contributed by atoms with Gasteiger partial charge in [0.15, 0.2) is 10.6 Å². The molecule has 4 nitrogen and oxygen atoms in total. The van der Waals surface area contributed by atoms with Crippen LogP contribution in [0.25, 0.3) is 5.69 Å². The molecule has 0 radical (unpaired) electrons. The van der Waals surface area contributed by atoms with Gasteiger partial charge in [0.05, 0.1) is 0 Å². The number of nitrogens with zero attached hydrogens (tertiary/aromatic N) is 2. The van der Waals surface area contributed by atoms with Crippen LogP contribution in [0.1, 0.15) is 31.2 Å². The van der Waals surface area contributed by atoms with Gasteiger partial charge in [-0.05, 0) is 35.8 Å². The van der Waals surface area contributed by atoms with Gasteiger partial charge in [0.25, 0.3) is 0 Å². The molecule has 18 heavy (non-hydrogen) atoms. The van der Waals surface area contributed by atoms with Crippen molar-refractivity contribution >= 4 is 12.2 Å². The van der Waals surface area contributed by atoms with E-state index in [1.807, 2.05) is 4.57 Å². The maximum Gasteiger partial charge on any atom is 0.199 e. The summed E-state index contributed by atoms with van der Waals surface area (Å²) in [5.41, 5.74) is 2.31. The van der Waals surface area contributed by atoms with E-state index in [9.17, 15) is 0 Å². The molecule has 0 saturated heterocycles. The number of hydrogen-bond acceptors (Lipinski definition) is 3. The highest BCUT2D eigenvalue weighted by Gasteiger charge is 2.08. The lowest BCUT2D eigenvalue weighted by Gasteiger charge is -2.09. The lowest BCUT2D eigenvalue weighted by atomic mass is 10.0. The average molecular weight is 263 g/mol. The van der Waals surface area contributed by atoms with Gasteiger partial charge >= 0.3 is 0 Å². The van der Waals surface area contributed by atoms with E-state index in [-0.39, 0.29) is 0 Å². The van der Waals surface area contributed by atoms with Gasteiger partial charge in [-0.15, -0.1) is 0 Å². The van der Waals surface area contributed by atoms with Crippen LogP contribution in [-0.2, 0) is 11.3 Å². The van der Waals surface area contributed by atoms with Gasteiger partial charge in [-0.2, -0.15) is 5.10 Å². The normalized spacial score (nSPS) is 11.1. The zero-order valence-corrected chi connectivity index (χ0v) is 11.6. The molecule has 2 rings (SSSR count). The molecule has 1 aromatic carbocycles. The van der Waals surface area contributed by atoms with Crippen LogP contribution in [0.5, 0.6) is 0 Å². The first-order chi connectivity index (χ1) is 8.63. The predicted molar refractivity (Wildman–Crippen MR) is 73.6 cm³/mol. The number of ether oxygens (including phenoxy) is 1. The highest BCUT2D eigenvalue weighted by Crippen LogP contribution is 2.18. The second-order valence-corrected chi connectivity index (χ2v) is 4.85. The highest BCUT2D eigenvalue weighted by atomic mass is 32.1. The van der Waals surface area contributed by atoms with Crippen LogP contribution in [0.15, 0.2) is 24.3 Å². The van der Waals surface area contributed by atoms with Crippen molar-refractivity contribution in [2.24, 2.45) is 0 Å². The molecule has 1 heterocycles. The maximum absolute atomic E-state index is 5.24. The van der Waals surface area contributed by atoms with E-state index in [0.717, 1.165) is 11.5 Å². The van der Waals surface area contributed by atoms with Crippen molar-refractivity contribution in [1.29, 1.82) is 0 Å². The molecule has 0 fully saturated rings. The number of aromatic amines is 1. The lowest BCUT2D eigenvalue weighted by Crippen LogP contribution is -2.03. The van der Waals surface area contributed by atoms with E-state index in [0.29, 0.717) is 17.3 Å². The average Bonchev–Trinajstić information content (AvgIpc) is 2.71. The standard InChI is InChI=1S/C13H17N3OS/c1-9(2)10-4-6-11(7-5-10)16-12(8-17-3)14-15-13(16)18/h4-7,9H,8H2,1-3H3,(H,15,18). The zero-order valence-electron chi connectivity index (χ0n) is 10.8. The number of aromatic nitrogens is 3. The lowest BCUT2D eigenvalue weighted by molar-refractivity contribution is 0.176. The molecule has 5 heteroatoms. The summed E-state index contributed by atoms with van der Waals surface area (Å²) in [6, 6.07) is 8.34. The van der Waals surface area contributed by atoms with Gasteiger partial charge in [0.2, 0.25) is 0 Å². The molecule has 0 aliphatic heterocycles. The Labute approximate surface area is 112 Å². The van der Waals surface area contributed by atoms with Gasteiger partial charge < -0.3 is 4.74 Å². The van der Waals surface area contributed by atoms with Crippen LogP contribution >= 0.6 is 12.2 Å². The largest absolute Gasteiger partial charge is 0.377 e. The van der Waals surface area contributed by atoms with Crippen LogP contribution in [0.3, 0.4) is 0 Å². The van der Waals surface area contributed by atoms with Gasteiger partial charge in [-0.25, -0.2) is 0 Å². The van der Waals surface area contributed by atoms with Crippen molar-refractivity contribution < 1.29 is 4.74 Å². The summed E-state index contributed by atoms with van der Waals surface area (Å²) in [6.07, 6.45) is 0. The molecule has 0 aliphatic carbocycles. The van der Waals surface area contributed by atoms with Crippen molar-refractivity contribution in [2.75, 3.05) is 7.11 Å². The predicted octanol–water partition coefficient (Wildman–Crippen LogP) is 3.20. The van der Waals surface area contributed by atoms with E-state index >= 15 is 0 Å². The molecule has 0 bridgehead atoms. The molecule has 0 atom stereocenters. The number of rotatable bonds is 4. The quantitative estimate of drug-likeness (QED) is 0.861. The Morgan fingerprint density at radius 1 is 1.33 bits per heavy atom. The van der Waals surface area contributed by atoms with E-state index in [4.69, 9.17) is 17.0 Å². The first kappa shape index (κ1) is 13.0. The fourth-order valence-corrected chi connectivity index (χ4v) is 2.09. The van der Waals surface area contributed by atoms with Gasteiger partial charge in [-0.1, -0.05) is 26.0 Å². The Kier molecular flexibility index (Phi) is 3.93. The third kappa shape index (κ3) is 2.52. The molecule has 0 saturated carbocycles. The fraction of sp³-hybridized carbons (Fsp3) is 0.385. The molecule has 2 aromatic rings. The maximum atomic E-state index is 5.24. The third-order valence-electron chi connectivity index (χ3n) is 2.83. The number of hydrogen-bond donors (Lipinski definition) is 1. The smallest absolute Gasteiger partial charge is 0.199 e. The Balaban J connectivity index is 2.42. The van der Waals surface area contributed by atoms with E-state index < -0.39 is 0 Å². The first-order valence-electron chi connectivity index (χ1n) is 5.89. The summed E-state index contributed by atoms with van der Waals surface area (Å²) in [5, 5.41) is 6.95. The minimum Gasteiger partial charge on any atom is -0.377 e. The number of methoxy groups -OCH3 is 1. The number of H-pyrrole nitrogens is 1. The van der Waals surface area contributed by atoms with Crippen molar-refractivity contribution in [3.8, 4) is 5.69 Å². The zero-order chi connectivity index (χ0) is 13.1. The summed E-state index contributed by atoms with van der Waals surface area (Å²) < 4.78 is 7.59. The topological polar surface area (TPSA) is 42.8 Å². The van der Waals surface area contributed by atoms with E-state index in [2.05, 4.69) is 48.3 Å². The van der Waals surface area contributed by atoms with Crippen LogP contribution in [0, 0.1) is 4.77 Å². The summed E-state index contributed by atoms with van der Waals surface area (Å²) in [7, 11) is 1.64.